The molecule has 4 aromatic rings. The Morgan fingerprint density at radius 2 is 1.85 bits per heavy atom. The van der Waals surface area contributed by atoms with E-state index >= 15 is 0 Å². The van der Waals surface area contributed by atoms with E-state index in [4.69, 9.17) is 13.9 Å². The first-order chi connectivity index (χ1) is 16.4. The molecule has 0 bridgehead atoms. The predicted octanol–water partition coefficient (Wildman–Crippen LogP) is 6.02. The molecule has 1 atom stereocenters. The predicted molar refractivity (Wildman–Crippen MR) is 134 cm³/mol. The molecule has 1 aliphatic rings. The monoisotopic (exact) mass is 519 g/mol. The molecule has 34 heavy (non-hydrogen) atoms. The quantitative estimate of drug-likeness (QED) is 0.322. The molecule has 6 nitrogen and oxygen atoms in total. The number of hydrogen-bond donors (Lipinski definition) is 0. The number of aryl methyl sites for hydroxylation is 1. The van der Waals surface area contributed by atoms with Crippen molar-refractivity contribution in [2.45, 2.75) is 19.9 Å². The largest absolute Gasteiger partial charge is 0.493 e. The van der Waals surface area contributed by atoms with Crippen molar-refractivity contribution < 1.29 is 18.7 Å². The lowest BCUT2D eigenvalue weighted by Crippen LogP contribution is -2.29. The summed E-state index contributed by atoms with van der Waals surface area (Å²) in [7, 11) is 1.56. The van der Waals surface area contributed by atoms with Crippen LogP contribution in [0.5, 0.6) is 11.5 Å². The van der Waals surface area contributed by atoms with Crippen LogP contribution in [0.4, 0.5) is 5.69 Å². The van der Waals surface area contributed by atoms with Gasteiger partial charge in [0.2, 0.25) is 5.76 Å². The van der Waals surface area contributed by atoms with Crippen LogP contribution in [0.3, 0.4) is 0 Å². The maximum absolute atomic E-state index is 13.8. The number of hydrogen-bond acceptors (Lipinski definition) is 5. The summed E-state index contributed by atoms with van der Waals surface area (Å²) >= 11 is 3.43. The molecule has 0 fully saturated rings. The van der Waals surface area contributed by atoms with Gasteiger partial charge in [-0.2, -0.15) is 0 Å². The lowest BCUT2D eigenvalue weighted by molar-refractivity contribution is 0.0971. The Bertz CT molecular complexity index is 1490. The average molecular weight is 520 g/mol. The Hall–Kier alpha value is -3.58. The SMILES string of the molecule is CCOc1ccc(C2c3c(oc4ccc(Br)cc4c3=O)C(=O)N2c2cccc(C)c2)cc1OC. The summed E-state index contributed by atoms with van der Waals surface area (Å²) in [6.07, 6.45) is 0. The molecule has 0 aliphatic carbocycles. The molecular weight excluding hydrogens is 498 g/mol. The van der Waals surface area contributed by atoms with Crippen molar-refractivity contribution in [2.75, 3.05) is 18.6 Å². The Morgan fingerprint density at radius 3 is 2.59 bits per heavy atom. The minimum atomic E-state index is -0.687. The van der Waals surface area contributed by atoms with Gasteiger partial charge in [-0.15, -0.1) is 0 Å². The molecule has 0 N–H and O–H groups in total. The van der Waals surface area contributed by atoms with Gasteiger partial charge in [0.1, 0.15) is 5.58 Å². The Labute approximate surface area is 204 Å². The summed E-state index contributed by atoms with van der Waals surface area (Å²) in [4.78, 5) is 29.1. The van der Waals surface area contributed by atoms with E-state index in [0.29, 0.717) is 40.3 Å². The van der Waals surface area contributed by atoms with Crippen molar-refractivity contribution in [1.82, 2.24) is 0 Å². The van der Waals surface area contributed by atoms with E-state index in [0.717, 1.165) is 15.6 Å². The highest BCUT2D eigenvalue weighted by Gasteiger charge is 2.44. The minimum absolute atomic E-state index is 0.0548. The zero-order valence-electron chi connectivity index (χ0n) is 18.9. The van der Waals surface area contributed by atoms with Gasteiger partial charge in [0, 0.05) is 10.2 Å². The molecule has 1 amide bonds. The lowest BCUT2D eigenvalue weighted by atomic mass is 9.97. The van der Waals surface area contributed by atoms with Crippen LogP contribution in [-0.4, -0.2) is 19.6 Å². The van der Waals surface area contributed by atoms with Crippen molar-refractivity contribution >= 4 is 38.5 Å². The number of rotatable bonds is 5. The van der Waals surface area contributed by atoms with Crippen LogP contribution in [0.25, 0.3) is 11.0 Å². The number of carbonyl (C=O) groups is 1. The average Bonchev–Trinajstić information content (AvgIpc) is 3.12. The molecule has 3 aromatic carbocycles. The zero-order valence-corrected chi connectivity index (χ0v) is 20.5. The molecule has 1 unspecified atom stereocenters. The summed E-state index contributed by atoms with van der Waals surface area (Å²) < 4.78 is 18.0. The van der Waals surface area contributed by atoms with Gasteiger partial charge in [-0.25, -0.2) is 0 Å². The molecule has 0 saturated heterocycles. The Morgan fingerprint density at radius 1 is 1.03 bits per heavy atom. The van der Waals surface area contributed by atoms with Gasteiger partial charge < -0.3 is 13.9 Å². The molecule has 2 heterocycles. The molecule has 0 saturated carbocycles. The third-order valence-electron chi connectivity index (χ3n) is 5.92. The first-order valence-corrected chi connectivity index (χ1v) is 11.7. The van der Waals surface area contributed by atoms with Gasteiger partial charge >= 0.3 is 0 Å². The van der Waals surface area contributed by atoms with Gasteiger partial charge in [0.25, 0.3) is 5.91 Å². The summed E-state index contributed by atoms with van der Waals surface area (Å²) in [5.74, 6) is 0.812. The summed E-state index contributed by atoms with van der Waals surface area (Å²) in [5.41, 5.74) is 2.84. The van der Waals surface area contributed by atoms with Gasteiger partial charge in [0.15, 0.2) is 16.9 Å². The fraction of sp³-hybridized carbons (Fsp3) is 0.185. The van der Waals surface area contributed by atoms with Crippen LogP contribution >= 0.6 is 15.9 Å². The molecule has 0 radical (unpaired) electrons. The molecule has 172 valence electrons. The topological polar surface area (TPSA) is 69.0 Å². The number of benzene rings is 3. The van der Waals surface area contributed by atoms with Crippen LogP contribution < -0.4 is 19.8 Å². The Kier molecular flexibility index (Phi) is 5.65. The smallest absolute Gasteiger partial charge is 0.295 e. The van der Waals surface area contributed by atoms with Gasteiger partial charge in [-0.1, -0.05) is 34.1 Å². The Balaban J connectivity index is 1.80. The fourth-order valence-electron chi connectivity index (χ4n) is 4.43. The van der Waals surface area contributed by atoms with Crippen molar-refractivity contribution in [3.8, 4) is 11.5 Å². The second kappa shape index (κ2) is 8.65. The number of ether oxygens (including phenoxy) is 2. The highest BCUT2D eigenvalue weighted by atomic mass is 79.9. The summed E-state index contributed by atoms with van der Waals surface area (Å²) in [5, 5.41) is 0.412. The number of halogens is 1. The van der Waals surface area contributed by atoms with Crippen molar-refractivity contribution in [3.63, 3.8) is 0 Å². The number of nitrogens with zero attached hydrogens (tertiary/aromatic N) is 1. The van der Waals surface area contributed by atoms with Crippen LogP contribution in [0.15, 0.2) is 74.3 Å². The van der Waals surface area contributed by atoms with Crippen molar-refractivity contribution in [1.29, 1.82) is 0 Å². The van der Waals surface area contributed by atoms with E-state index in [2.05, 4.69) is 15.9 Å². The first kappa shape index (κ1) is 22.2. The molecule has 7 heteroatoms. The maximum Gasteiger partial charge on any atom is 0.295 e. The van der Waals surface area contributed by atoms with Gasteiger partial charge in [-0.3, -0.25) is 14.5 Å². The fourth-order valence-corrected chi connectivity index (χ4v) is 4.79. The van der Waals surface area contributed by atoms with Gasteiger partial charge in [0.05, 0.1) is 30.7 Å². The standard InChI is InChI=1S/C27H22BrNO5/c1-4-33-21-10-8-16(13-22(21)32-3)24-23-25(30)19-14-17(28)9-11-20(19)34-26(23)27(31)29(24)18-7-5-6-15(2)12-18/h5-14,24H,4H2,1-3H3. The van der Waals surface area contributed by atoms with Crippen LogP contribution in [0.1, 0.15) is 40.2 Å². The normalized spacial score (nSPS) is 15.0. The third-order valence-corrected chi connectivity index (χ3v) is 6.41. The molecule has 1 aliphatic heterocycles. The molecule has 1 aromatic heterocycles. The first-order valence-electron chi connectivity index (χ1n) is 10.9. The number of amides is 1. The minimum Gasteiger partial charge on any atom is -0.493 e. The van der Waals surface area contributed by atoms with E-state index in [1.807, 2.05) is 50.2 Å². The van der Waals surface area contributed by atoms with E-state index in [1.54, 1.807) is 36.3 Å². The van der Waals surface area contributed by atoms with Crippen LogP contribution in [0, 0.1) is 6.92 Å². The van der Waals surface area contributed by atoms with E-state index in [-0.39, 0.29) is 17.1 Å². The third kappa shape index (κ3) is 3.56. The van der Waals surface area contributed by atoms with E-state index < -0.39 is 6.04 Å². The van der Waals surface area contributed by atoms with Crippen LogP contribution in [-0.2, 0) is 0 Å². The highest BCUT2D eigenvalue weighted by molar-refractivity contribution is 9.10. The second-order valence-corrected chi connectivity index (χ2v) is 8.99. The van der Waals surface area contributed by atoms with Crippen LogP contribution in [0.2, 0.25) is 0 Å². The van der Waals surface area contributed by atoms with Crippen molar-refractivity contribution in [3.05, 3.63) is 97.8 Å². The molecule has 0 spiro atoms. The number of fused-ring (bicyclic) bond motifs is 2. The van der Waals surface area contributed by atoms with E-state index in [1.165, 1.54) is 0 Å². The van der Waals surface area contributed by atoms with Crippen molar-refractivity contribution in [2.24, 2.45) is 0 Å². The summed E-state index contributed by atoms with van der Waals surface area (Å²) in [6, 6.07) is 17.6. The molecule has 5 rings (SSSR count). The molecular formula is C27H22BrNO5. The number of carbonyl (C=O) groups excluding carboxylic acids is 1. The van der Waals surface area contributed by atoms with Gasteiger partial charge in [-0.05, 0) is 67.4 Å². The lowest BCUT2D eigenvalue weighted by Gasteiger charge is -2.26. The second-order valence-electron chi connectivity index (χ2n) is 8.07. The maximum atomic E-state index is 13.8. The highest BCUT2D eigenvalue weighted by Crippen LogP contribution is 2.43. The van der Waals surface area contributed by atoms with E-state index in [9.17, 15) is 9.59 Å². The zero-order chi connectivity index (χ0) is 24.0. The number of anilines is 1. The summed E-state index contributed by atoms with van der Waals surface area (Å²) in [6.45, 7) is 4.34. The number of methoxy groups -OCH3 is 1.